The van der Waals surface area contributed by atoms with E-state index in [0.29, 0.717) is 13.2 Å². The highest BCUT2D eigenvalue weighted by atomic mass is 79.9. The van der Waals surface area contributed by atoms with E-state index < -0.39 is 10.0 Å². The fraction of sp³-hybridized carbons (Fsp3) is 0.667. The summed E-state index contributed by atoms with van der Waals surface area (Å²) < 4.78 is 37.7. The Morgan fingerprint density at radius 2 is 2.30 bits per heavy atom. The molecule has 0 aromatic carbocycles. The molecule has 8 heteroatoms. The number of hydrogen-bond donors (Lipinski definition) is 2. The fourth-order valence-corrected chi connectivity index (χ4v) is 4.42. The summed E-state index contributed by atoms with van der Waals surface area (Å²) in [4.78, 5) is 0.00788. The van der Waals surface area contributed by atoms with Gasteiger partial charge in [-0.3, -0.25) is 0 Å². The molecular weight excluding hydrogens is 350 g/mol. The summed E-state index contributed by atoms with van der Waals surface area (Å²) in [5, 5.41) is 8.96. The molecule has 1 aliphatic rings. The third kappa shape index (κ3) is 3.43. The van der Waals surface area contributed by atoms with Crippen molar-refractivity contribution in [3.05, 3.63) is 16.5 Å². The average molecular weight is 368 g/mol. The van der Waals surface area contributed by atoms with Gasteiger partial charge in [0, 0.05) is 25.1 Å². The third-order valence-corrected chi connectivity index (χ3v) is 5.72. The first-order valence-corrected chi connectivity index (χ1v) is 8.76. The summed E-state index contributed by atoms with van der Waals surface area (Å²) in [6.45, 7) is 2.70. The van der Waals surface area contributed by atoms with Crippen LogP contribution in [0.1, 0.15) is 25.5 Å². The fourth-order valence-electron chi connectivity index (χ4n) is 2.33. The van der Waals surface area contributed by atoms with Gasteiger partial charge >= 0.3 is 0 Å². The second-order valence-electron chi connectivity index (χ2n) is 4.73. The highest BCUT2D eigenvalue weighted by Crippen LogP contribution is 2.27. The molecule has 2 heterocycles. The number of furan rings is 1. The minimum Gasteiger partial charge on any atom is -0.450 e. The Kier molecular flexibility index (Phi) is 5.25. The van der Waals surface area contributed by atoms with Crippen molar-refractivity contribution in [1.29, 1.82) is 0 Å². The zero-order valence-corrected chi connectivity index (χ0v) is 13.5. The number of aliphatic hydroxyl groups is 1. The second kappa shape index (κ2) is 6.57. The van der Waals surface area contributed by atoms with E-state index >= 15 is 0 Å². The Morgan fingerprint density at radius 1 is 1.55 bits per heavy atom. The Hall–Kier alpha value is -0.410. The van der Waals surface area contributed by atoms with Gasteiger partial charge < -0.3 is 14.3 Å². The first kappa shape index (κ1) is 16.0. The van der Waals surface area contributed by atoms with Gasteiger partial charge in [-0.25, -0.2) is 13.1 Å². The molecule has 20 heavy (non-hydrogen) atoms. The molecule has 1 saturated heterocycles. The number of hydrogen-bond acceptors (Lipinski definition) is 5. The van der Waals surface area contributed by atoms with Crippen LogP contribution < -0.4 is 4.72 Å². The number of sulfonamides is 1. The van der Waals surface area contributed by atoms with Crippen molar-refractivity contribution in [3.8, 4) is 0 Å². The summed E-state index contributed by atoms with van der Waals surface area (Å²) in [6, 6.07) is 1.31. The SMILES string of the molecule is CCC1OCCC1CNS(=O)(=O)c1cc(CO)oc1Br. The van der Waals surface area contributed by atoms with E-state index in [1.165, 1.54) is 6.07 Å². The van der Waals surface area contributed by atoms with Crippen molar-refractivity contribution in [1.82, 2.24) is 4.72 Å². The maximum absolute atomic E-state index is 12.2. The molecule has 114 valence electrons. The van der Waals surface area contributed by atoms with E-state index in [1.54, 1.807) is 0 Å². The predicted molar refractivity (Wildman–Crippen MR) is 75.7 cm³/mol. The summed E-state index contributed by atoms with van der Waals surface area (Å²) >= 11 is 3.05. The van der Waals surface area contributed by atoms with Crippen LogP contribution in [0.5, 0.6) is 0 Å². The molecule has 0 spiro atoms. The quantitative estimate of drug-likeness (QED) is 0.797. The van der Waals surface area contributed by atoms with Gasteiger partial charge in [0.15, 0.2) is 4.67 Å². The Balaban J connectivity index is 2.05. The molecule has 0 saturated carbocycles. The van der Waals surface area contributed by atoms with E-state index in [-0.39, 0.29) is 34.0 Å². The van der Waals surface area contributed by atoms with Crippen molar-refractivity contribution in [2.45, 2.75) is 37.4 Å². The van der Waals surface area contributed by atoms with E-state index in [4.69, 9.17) is 14.3 Å². The first-order chi connectivity index (χ1) is 9.47. The molecule has 0 radical (unpaired) electrons. The Labute approximate surface area is 126 Å². The van der Waals surface area contributed by atoms with Crippen LogP contribution in [0.2, 0.25) is 0 Å². The summed E-state index contributed by atoms with van der Waals surface area (Å²) in [7, 11) is -3.66. The van der Waals surface area contributed by atoms with E-state index in [1.807, 2.05) is 6.92 Å². The van der Waals surface area contributed by atoms with Crippen molar-refractivity contribution >= 4 is 26.0 Å². The zero-order valence-electron chi connectivity index (χ0n) is 11.1. The molecule has 2 N–H and O–H groups in total. The Bertz CT molecular complexity index is 556. The minimum absolute atomic E-state index is 0.00788. The molecule has 0 bridgehead atoms. The smallest absolute Gasteiger partial charge is 0.244 e. The van der Waals surface area contributed by atoms with E-state index in [9.17, 15) is 8.42 Å². The van der Waals surface area contributed by atoms with Gasteiger partial charge in [0.1, 0.15) is 17.3 Å². The molecule has 6 nitrogen and oxygen atoms in total. The topological polar surface area (TPSA) is 88.8 Å². The number of halogens is 1. The minimum atomic E-state index is -3.66. The Morgan fingerprint density at radius 3 is 2.90 bits per heavy atom. The number of aliphatic hydroxyl groups excluding tert-OH is 1. The summed E-state index contributed by atoms with van der Waals surface area (Å²) in [6.07, 6.45) is 1.84. The van der Waals surface area contributed by atoms with Crippen LogP contribution in [0.3, 0.4) is 0 Å². The van der Waals surface area contributed by atoms with Crippen LogP contribution in [-0.2, 0) is 21.4 Å². The van der Waals surface area contributed by atoms with Crippen LogP contribution in [0, 0.1) is 5.92 Å². The zero-order chi connectivity index (χ0) is 14.8. The predicted octanol–water partition coefficient (Wildman–Crippen LogP) is 1.63. The number of nitrogens with one attached hydrogen (secondary N) is 1. The van der Waals surface area contributed by atoms with Crippen molar-refractivity contribution < 1.29 is 22.7 Å². The van der Waals surface area contributed by atoms with Crippen molar-refractivity contribution in [2.75, 3.05) is 13.2 Å². The molecule has 1 aromatic rings. The highest BCUT2D eigenvalue weighted by molar-refractivity contribution is 9.10. The largest absolute Gasteiger partial charge is 0.450 e. The molecule has 2 unspecified atom stereocenters. The van der Waals surface area contributed by atoms with Crippen LogP contribution in [-0.4, -0.2) is 32.8 Å². The summed E-state index contributed by atoms with van der Waals surface area (Å²) in [5.74, 6) is 0.394. The summed E-state index contributed by atoms with van der Waals surface area (Å²) in [5.41, 5.74) is 0. The monoisotopic (exact) mass is 367 g/mol. The van der Waals surface area contributed by atoms with E-state index in [0.717, 1.165) is 12.8 Å². The van der Waals surface area contributed by atoms with Gasteiger partial charge in [-0.15, -0.1) is 0 Å². The molecule has 0 amide bonds. The normalized spacial score (nSPS) is 23.4. The molecular formula is C12H18BrNO5S. The van der Waals surface area contributed by atoms with Crippen LogP contribution in [0.25, 0.3) is 0 Å². The van der Waals surface area contributed by atoms with Gasteiger partial charge in [0.2, 0.25) is 10.0 Å². The lowest BCUT2D eigenvalue weighted by atomic mass is 10.0. The van der Waals surface area contributed by atoms with Gasteiger partial charge in [0.25, 0.3) is 0 Å². The van der Waals surface area contributed by atoms with Crippen molar-refractivity contribution in [3.63, 3.8) is 0 Å². The average Bonchev–Trinajstić information content (AvgIpc) is 3.02. The lowest BCUT2D eigenvalue weighted by Gasteiger charge is -2.16. The van der Waals surface area contributed by atoms with Gasteiger partial charge in [-0.1, -0.05) is 6.92 Å². The van der Waals surface area contributed by atoms with E-state index in [2.05, 4.69) is 20.7 Å². The standard InChI is InChI=1S/C12H18BrNO5S/c1-2-10-8(3-4-18-10)6-14-20(16,17)11-5-9(7-15)19-12(11)13/h5,8,10,14-15H,2-4,6-7H2,1H3. The number of ether oxygens (including phenoxy) is 1. The van der Waals surface area contributed by atoms with Gasteiger partial charge in [-0.2, -0.15) is 0 Å². The molecule has 2 rings (SSSR count). The van der Waals surface area contributed by atoms with Gasteiger partial charge in [-0.05, 0) is 28.8 Å². The second-order valence-corrected chi connectivity index (χ2v) is 7.18. The lowest BCUT2D eigenvalue weighted by Crippen LogP contribution is -2.32. The number of rotatable bonds is 6. The lowest BCUT2D eigenvalue weighted by molar-refractivity contribution is 0.0884. The maximum Gasteiger partial charge on any atom is 0.244 e. The van der Waals surface area contributed by atoms with Crippen LogP contribution in [0.4, 0.5) is 0 Å². The maximum atomic E-state index is 12.2. The highest BCUT2D eigenvalue weighted by Gasteiger charge is 2.29. The molecule has 0 aliphatic carbocycles. The first-order valence-electron chi connectivity index (χ1n) is 6.48. The third-order valence-electron chi connectivity index (χ3n) is 3.44. The molecule has 1 aromatic heterocycles. The van der Waals surface area contributed by atoms with Gasteiger partial charge in [0.05, 0.1) is 6.10 Å². The molecule has 1 aliphatic heterocycles. The van der Waals surface area contributed by atoms with Crippen LogP contribution >= 0.6 is 15.9 Å². The van der Waals surface area contributed by atoms with Crippen molar-refractivity contribution in [2.24, 2.45) is 5.92 Å². The van der Waals surface area contributed by atoms with Crippen LogP contribution in [0.15, 0.2) is 20.0 Å². The molecule has 1 fully saturated rings. The molecule has 2 atom stereocenters.